The Morgan fingerprint density at radius 1 is 1.47 bits per heavy atom. The van der Waals surface area contributed by atoms with Gasteiger partial charge in [-0.15, -0.1) is 0 Å². The molecular formula is C12H18N2O3. The predicted octanol–water partition coefficient (Wildman–Crippen LogP) is 1.30. The summed E-state index contributed by atoms with van der Waals surface area (Å²) in [6, 6.07) is 2.11. The molecule has 0 bridgehead atoms. The lowest BCUT2D eigenvalue weighted by atomic mass is 9.87. The molecule has 94 valence electrons. The normalized spacial score (nSPS) is 19.3. The molecule has 0 heterocycles. The van der Waals surface area contributed by atoms with E-state index in [0.29, 0.717) is 19.4 Å². The van der Waals surface area contributed by atoms with Gasteiger partial charge >= 0.3 is 5.97 Å². The van der Waals surface area contributed by atoms with Gasteiger partial charge in [0.2, 0.25) is 5.91 Å². The number of nitriles is 1. The van der Waals surface area contributed by atoms with E-state index in [1.165, 1.54) is 0 Å². The summed E-state index contributed by atoms with van der Waals surface area (Å²) in [5.41, 5.74) is -0.872. The van der Waals surface area contributed by atoms with Crippen molar-refractivity contribution in [2.24, 2.45) is 11.3 Å². The van der Waals surface area contributed by atoms with Gasteiger partial charge in [0.1, 0.15) is 5.41 Å². The third-order valence-corrected chi connectivity index (χ3v) is 3.24. The van der Waals surface area contributed by atoms with Gasteiger partial charge in [0.15, 0.2) is 0 Å². The molecule has 5 nitrogen and oxygen atoms in total. The number of hydrogen-bond acceptors (Lipinski definition) is 3. The highest BCUT2D eigenvalue weighted by Gasteiger charge is 2.41. The zero-order valence-electron chi connectivity index (χ0n) is 10.0. The Bertz CT molecular complexity index is 340. The number of carbonyl (C=O) groups is 2. The van der Waals surface area contributed by atoms with E-state index in [1.54, 1.807) is 6.92 Å². The number of carboxylic acids is 1. The smallest absolute Gasteiger partial charge is 0.303 e. The number of aliphatic carboxylic acids is 1. The first-order valence-corrected chi connectivity index (χ1v) is 5.91. The molecule has 1 atom stereocenters. The van der Waals surface area contributed by atoms with Crippen LogP contribution in [0.3, 0.4) is 0 Å². The minimum atomic E-state index is -0.873. The van der Waals surface area contributed by atoms with Gasteiger partial charge in [-0.25, -0.2) is 0 Å². The van der Waals surface area contributed by atoms with Crippen molar-refractivity contribution in [1.29, 1.82) is 5.26 Å². The number of nitrogens with one attached hydrogen (secondary N) is 1. The fraction of sp³-hybridized carbons (Fsp3) is 0.750. The predicted molar refractivity (Wildman–Crippen MR) is 60.9 cm³/mol. The van der Waals surface area contributed by atoms with Crippen molar-refractivity contribution in [3.05, 3.63) is 0 Å². The molecule has 17 heavy (non-hydrogen) atoms. The van der Waals surface area contributed by atoms with Crippen LogP contribution in [0.2, 0.25) is 0 Å². The third-order valence-electron chi connectivity index (χ3n) is 3.24. The molecule has 1 fully saturated rings. The molecule has 0 aromatic carbocycles. The summed E-state index contributed by atoms with van der Waals surface area (Å²) >= 11 is 0. The zero-order chi connectivity index (χ0) is 12.9. The molecule has 2 N–H and O–H groups in total. The van der Waals surface area contributed by atoms with Crippen LogP contribution in [0.25, 0.3) is 0 Å². The summed E-state index contributed by atoms with van der Waals surface area (Å²) in [6.45, 7) is 2.08. The molecule has 0 aromatic heterocycles. The summed E-state index contributed by atoms with van der Waals surface area (Å²) in [4.78, 5) is 22.4. The van der Waals surface area contributed by atoms with Crippen LogP contribution in [0.1, 0.15) is 39.0 Å². The van der Waals surface area contributed by atoms with Crippen molar-refractivity contribution >= 4 is 11.9 Å². The Morgan fingerprint density at radius 3 is 2.53 bits per heavy atom. The van der Waals surface area contributed by atoms with E-state index in [0.717, 1.165) is 12.8 Å². The first kappa shape index (κ1) is 13.5. The number of rotatable bonds is 5. The van der Waals surface area contributed by atoms with Crippen LogP contribution < -0.4 is 5.32 Å². The Hall–Kier alpha value is -1.57. The van der Waals surface area contributed by atoms with E-state index < -0.39 is 11.4 Å². The molecule has 5 heteroatoms. The van der Waals surface area contributed by atoms with Crippen molar-refractivity contribution in [2.75, 3.05) is 6.54 Å². The second-order valence-electron chi connectivity index (χ2n) is 4.81. The molecule has 0 aliphatic heterocycles. The van der Waals surface area contributed by atoms with Gasteiger partial charge in [0, 0.05) is 13.0 Å². The topological polar surface area (TPSA) is 90.2 Å². The van der Waals surface area contributed by atoms with Crippen LogP contribution in [-0.4, -0.2) is 23.5 Å². The van der Waals surface area contributed by atoms with Crippen molar-refractivity contribution in [3.63, 3.8) is 0 Å². The van der Waals surface area contributed by atoms with Gasteiger partial charge in [-0.1, -0.05) is 19.8 Å². The van der Waals surface area contributed by atoms with Crippen LogP contribution in [0.5, 0.6) is 0 Å². The molecule has 0 aromatic rings. The van der Waals surface area contributed by atoms with Gasteiger partial charge < -0.3 is 10.4 Å². The van der Waals surface area contributed by atoms with Crippen LogP contribution in [0.4, 0.5) is 0 Å². The average Bonchev–Trinajstić information content (AvgIpc) is 2.74. The first-order valence-electron chi connectivity index (χ1n) is 5.91. The highest BCUT2D eigenvalue weighted by molar-refractivity contribution is 5.85. The highest BCUT2D eigenvalue weighted by atomic mass is 16.4. The molecule has 1 saturated carbocycles. The molecule has 1 aliphatic carbocycles. The lowest BCUT2D eigenvalue weighted by Gasteiger charge is -2.20. The average molecular weight is 238 g/mol. The van der Waals surface area contributed by atoms with E-state index in [2.05, 4.69) is 11.4 Å². The SMILES string of the molecule is CC(CNC(=O)C1(C#N)CCCC1)CC(=O)O. The summed E-state index contributed by atoms with van der Waals surface area (Å²) in [7, 11) is 0. The van der Waals surface area contributed by atoms with Crippen molar-refractivity contribution in [2.45, 2.75) is 39.0 Å². The summed E-state index contributed by atoms with van der Waals surface area (Å²) in [5.74, 6) is -1.23. The molecule has 0 spiro atoms. The van der Waals surface area contributed by atoms with Gasteiger partial charge in [0.25, 0.3) is 0 Å². The molecule has 1 amide bonds. The Balaban J connectivity index is 2.44. The van der Waals surface area contributed by atoms with Crippen LogP contribution in [0, 0.1) is 22.7 Å². The number of carbonyl (C=O) groups excluding carboxylic acids is 1. The number of nitrogens with zero attached hydrogens (tertiary/aromatic N) is 1. The molecule has 1 unspecified atom stereocenters. The third kappa shape index (κ3) is 3.45. The quantitative estimate of drug-likeness (QED) is 0.755. The molecule has 0 saturated heterocycles. The minimum Gasteiger partial charge on any atom is -0.481 e. The minimum absolute atomic E-state index is 0.0276. The van der Waals surface area contributed by atoms with Gasteiger partial charge in [-0.2, -0.15) is 5.26 Å². The maximum atomic E-state index is 11.9. The Kier molecular flexibility index (Phi) is 4.50. The molecule has 1 aliphatic rings. The molecule has 0 radical (unpaired) electrons. The molecular weight excluding hydrogens is 220 g/mol. The van der Waals surface area contributed by atoms with E-state index >= 15 is 0 Å². The van der Waals surface area contributed by atoms with E-state index in [9.17, 15) is 9.59 Å². The zero-order valence-corrected chi connectivity index (χ0v) is 10.0. The van der Waals surface area contributed by atoms with Crippen molar-refractivity contribution in [3.8, 4) is 6.07 Å². The van der Waals surface area contributed by atoms with Crippen LogP contribution >= 0.6 is 0 Å². The maximum absolute atomic E-state index is 11.9. The van der Waals surface area contributed by atoms with Crippen molar-refractivity contribution < 1.29 is 14.7 Å². The summed E-state index contributed by atoms with van der Waals surface area (Å²) < 4.78 is 0. The van der Waals surface area contributed by atoms with Gasteiger partial charge in [0.05, 0.1) is 6.07 Å². The maximum Gasteiger partial charge on any atom is 0.303 e. The molecule has 1 rings (SSSR count). The first-order chi connectivity index (χ1) is 8.00. The lowest BCUT2D eigenvalue weighted by Crippen LogP contribution is -2.40. The largest absolute Gasteiger partial charge is 0.481 e. The van der Waals surface area contributed by atoms with E-state index in [-0.39, 0.29) is 18.2 Å². The second-order valence-corrected chi connectivity index (χ2v) is 4.81. The lowest BCUT2D eigenvalue weighted by molar-refractivity contribution is -0.138. The highest BCUT2D eigenvalue weighted by Crippen LogP contribution is 2.37. The summed E-state index contributed by atoms with van der Waals surface area (Å²) in [5, 5.41) is 20.4. The van der Waals surface area contributed by atoms with Crippen molar-refractivity contribution in [1.82, 2.24) is 5.32 Å². The fourth-order valence-electron chi connectivity index (χ4n) is 2.17. The fourth-order valence-corrected chi connectivity index (χ4v) is 2.17. The van der Waals surface area contributed by atoms with Crippen LogP contribution in [-0.2, 0) is 9.59 Å². The van der Waals surface area contributed by atoms with E-state index in [1.807, 2.05) is 0 Å². The van der Waals surface area contributed by atoms with Crippen LogP contribution in [0.15, 0.2) is 0 Å². The monoisotopic (exact) mass is 238 g/mol. The van der Waals surface area contributed by atoms with Gasteiger partial charge in [-0.05, 0) is 18.8 Å². The standard InChI is InChI=1S/C12H18N2O3/c1-9(6-10(15)16)7-14-11(17)12(8-13)4-2-3-5-12/h9H,2-7H2,1H3,(H,14,17)(H,15,16). The van der Waals surface area contributed by atoms with E-state index in [4.69, 9.17) is 10.4 Å². The number of hydrogen-bond donors (Lipinski definition) is 2. The summed E-state index contributed by atoms with van der Waals surface area (Å²) in [6.07, 6.45) is 3.07. The second kappa shape index (κ2) is 5.67. The number of amides is 1. The number of carboxylic acid groups (broad SMARTS) is 1. The van der Waals surface area contributed by atoms with Gasteiger partial charge in [-0.3, -0.25) is 9.59 Å². The Morgan fingerprint density at radius 2 is 2.06 bits per heavy atom. The Labute approximate surface area is 101 Å².